The molecule has 0 bridgehead atoms. The first kappa shape index (κ1) is 8.96. The number of nitrogen functional groups attached to an aromatic ring is 1. The van der Waals surface area contributed by atoms with Gasteiger partial charge in [0.2, 0.25) is 0 Å². The minimum Gasteiger partial charge on any atom is -0.444 e. The van der Waals surface area contributed by atoms with E-state index in [1.165, 1.54) is 0 Å². The highest BCUT2D eigenvalue weighted by molar-refractivity contribution is 6.74. The van der Waals surface area contributed by atoms with Crippen molar-refractivity contribution in [2.75, 3.05) is 5.73 Å². The van der Waals surface area contributed by atoms with Crippen LogP contribution in [0.5, 0.6) is 0 Å². The number of anilines is 1. The van der Waals surface area contributed by atoms with Gasteiger partial charge in [-0.3, -0.25) is 4.68 Å². The maximum Gasteiger partial charge on any atom is 0.529 e. The summed E-state index contributed by atoms with van der Waals surface area (Å²) < 4.78 is 37.6. The van der Waals surface area contributed by atoms with Gasteiger partial charge in [-0.15, -0.1) is 0 Å². The number of hydrogen-bond acceptors (Lipinski definition) is 2. The van der Waals surface area contributed by atoms with Gasteiger partial charge in [-0.25, -0.2) is 0 Å². The van der Waals surface area contributed by atoms with Crippen molar-refractivity contribution in [2.45, 2.75) is 13.5 Å². The lowest BCUT2D eigenvalue weighted by atomic mass is 9.85. The highest BCUT2D eigenvalue weighted by atomic mass is 19.4. The summed E-state index contributed by atoms with van der Waals surface area (Å²) in [5.41, 5.74) is 4.01. The fourth-order valence-corrected chi connectivity index (χ4v) is 1.02. The first-order chi connectivity index (χ1) is 5.46. The fourth-order valence-electron chi connectivity index (χ4n) is 1.02. The lowest BCUT2D eigenvalue weighted by Gasteiger charge is -2.16. The van der Waals surface area contributed by atoms with E-state index in [1.807, 2.05) is 0 Å². The molecule has 0 aliphatic carbocycles. The summed E-state index contributed by atoms with van der Waals surface area (Å²) in [5, 5.41) is 3.49. The Labute approximate surface area is 67.4 Å². The number of rotatable bonds is 2. The Morgan fingerprint density at radius 2 is 2.17 bits per heavy atom. The van der Waals surface area contributed by atoms with Crippen molar-refractivity contribution in [3.05, 3.63) is 6.20 Å². The van der Waals surface area contributed by atoms with Crippen molar-refractivity contribution in [2.24, 2.45) is 0 Å². The van der Waals surface area contributed by atoms with E-state index in [-0.39, 0.29) is 12.2 Å². The van der Waals surface area contributed by atoms with Gasteiger partial charge in [0.25, 0.3) is 0 Å². The molecule has 0 spiro atoms. The number of nitrogens with zero attached hydrogens (tertiary/aromatic N) is 2. The second kappa shape index (κ2) is 2.73. The van der Waals surface area contributed by atoms with E-state index in [4.69, 9.17) is 5.73 Å². The minimum atomic E-state index is -5.05. The Balaban J connectivity index is 3.19. The van der Waals surface area contributed by atoms with Gasteiger partial charge in [0.15, 0.2) is 0 Å². The molecule has 0 amide bonds. The average molecular weight is 178 g/mol. The maximum absolute atomic E-state index is 12.3. The summed E-state index contributed by atoms with van der Waals surface area (Å²) >= 11 is 0. The van der Waals surface area contributed by atoms with Crippen LogP contribution in [0, 0.1) is 0 Å². The van der Waals surface area contributed by atoms with Crippen LogP contribution in [0.4, 0.5) is 18.6 Å². The average Bonchev–Trinajstić information content (AvgIpc) is 2.29. The second-order valence-corrected chi connectivity index (χ2v) is 2.38. The molecular formula is C5H8BF3N3-. The predicted molar refractivity (Wildman–Crippen MR) is 41.0 cm³/mol. The van der Waals surface area contributed by atoms with Crippen LogP contribution < -0.4 is 11.3 Å². The van der Waals surface area contributed by atoms with Crippen molar-refractivity contribution in [3.63, 3.8) is 0 Å². The number of halogens is 3. The van der Waals surface area contributed by atoms with Crippen molar-refractivity contribution in [1.82, 2.24) is 9.78 Å². The largest absolute Gasteiger partial charge is 0.529 e. The molecule has 0 saturated carbocycles. The molecule has 7 heteroatoms. The summed E-state index contributed by atoms with van der Waals surface area (Å²) in [6.45, 7) is -3.29. The van der Waals surface area contributed by atoms with Gasteiger partial charge < -0.3 is 18.7 Å². The molecule has 1 heterocycles. The minimum absolute atomic E-state index is 0.174. The zero-order valence-corrected chi connectivity index (χ0v) is 6.47. The second-order valence-electron chi connectivity index (χ2n) is 2.38. The Bertz CT molecular complexity index is 280. The first-order valence-corrected chi connectivity index (χ1v) is 3.48. The summed E-state index contributed by atoms with van der Waals surface area (Å²) in [6, 6.07) is 0. The van der Waals surface area contributed by atoms with Gasteiger partial charge in [-0.2, -0.15) is 5.10 Å². The molecule has 0 radical (unpaired) electrons. The smallest absolute Gasteiger partial charge is 0.444 e. The molecule has 12 heavy (non-hydrogen) atoms. The van der Waals surface area contributed by atoms with Crippen LogP contribution in [-0.2, 0) is 6.54 Å². The molecular weight excluding hydrogens is 170 g/mol. The van der Waals surface area contributed by atoms with Crippen molar-refractivity contribution >= 4 is 18.3 Å². The van der Waals surface area contributed by atoms with E-state index in [1.54, 1.807) is 6.92 Å². The Morgan fingerprint density at radius 1 is 1.58 bits per heavy atom. The van der Waals surface area contributed by atoms with Crippen molar-refractivity contribution in [3.8, 4) is 0 Å². The first-order valence-electron chi connectivity index (χ1n) is 3.48. The third-order valence-electron chi connectivity index (χ3n) is 1.52. The molecule has 1 aromatic rings. The molecule has 1 aromatic heterocycles. The van der Waals surface area contributed by atoms with Crippen molar-refractivity contribution < 1.29 is 12.9 Å². The summed E-state index contributed by atoms with van der Waals surface area (Å²) in [4.78, 5) is 0. The van der Waals surface area contributed by atoms with Gasteiger partial charge in [0.05, 0.1) is 6.20 Å². The molecule has 3 nitrogen and oxygen atoms in total. The van der Waals surface area contributed by atoms with Crippen LogP contribution >= 0.6 is 0 Å². The molecule has 0 aromatic carbocycles. The van der Waals surface area contributed by atoms with Crippen molar-refractivity contribution in [1.29, 1.82) is 0 Å². The van der Waals surface area contributed by atoms with Gasteiger partial charge in [-0.1, -0.05) is 0 Å². The topological polar surface area (TPSA) is 43.8 Å². The SMILES string of the molecule is CCn1ncc(N)c1[B-](F)(F)F. The van der Waals surface area contributed by atoms with E-state index < -0.39 is 12.6 Å². The van der Waals surface area contributed by atoms with Crippen LogP contribution in [-0.4, -0.2) is 16.8 Å². The lowest BCUT2D eigenvalue weighted by molar-refractivity contribution is 0.489. The van der Waals surface area contributed by atoms with Crippen LogP contribution in [0.2, 0.25) is 0 Å². The monoisotopic (exact) mass is 178 g/mol. The molecule has 2 N–H and O–H groups in total. The molecule has 0 saturated heterocycles. The van der Waals surface area contributed by atoms with Crippen LogP contribution in [0.3, 0.4) is 0 Å². The molecule has 1 rings (SSSR count). The lowest BCUT2D eigenvalue weighted by Crippen LogP contribution is -2.41. The van der Waals surface area contributed by atoms with Crippen LogP contribution in [0.25, 0.3) is 0 Å². The van der Waals surface area contributed by atoms with Crippen LogP contribution in [0.1, 0.15) is 6.92 Å². The molecule has 0 unspecified atom stereocenters. The van der Waals surface area contributed by atoms with Gasteiger partial charge in [-0.05, 0) is 6.92 Å². The molecule has 68 valence electrons. The van der Waals surface area contributed by atoms with Gasteiger partial charge >= 0.3 is 6.98 Å². The van der Waals surface area contributed by atoms with Gasteiger partial charge in [0.1, 0.15) is 0 Å². The van der Waals surface area contributed by atoms with E-state index in [2.05, 4.69) is 5.10 Å². The number of aryl methyl sites for hydroxylation is 1. The van der Waals surface area contributed by atoms with Gasteiger partial charge in [0, 0.05) is 17.8 Å². The molecule has 0 aliphatic rings. The number of aromatic nitrogens is 2. The normalized spacial score (nSPS) is 12.0. The number of nitrogens with two attached hydrogens (primary N) is 1. The molecule has 0 aliphatic heterocycles. The zero-order chi connectivity index (χ0) is 9.35. The predicted octanol–water partition coefficient (Wildman–Crippen LogP) is 0.540. The third kappa shape index (κ3) is 1.39. The third-order valence-corrected chi connectivity index (χ3v) is 1.52. The Morgan fingerprint density at radius 3 is 2.50 bits per heavy atom. The summed E-state index contributed by atoms with van der Waals surface area (Å²) in [6.07, 6.45) is 1.02. The standard InChI is InChI=1S/C5H8BF3N3/c1-2-12-5(6(7,8)9)4(10)3-11-12/h3H,2,10H2,1H3/q-1. The van der Waals surface area contributed by atoms with E-state index in [0.717, 1.165) is 10.9 Å². The summed E-state index contributed by atoms with van der Waals surface area (Å²) in [7, 11) is 0. The molecule has 0 fully saturated rings. The van der Waals surface area contributed by atoms with Crippen LogP contribution in [0.15, 0.2) is 6.20 Å². The quantitative estimate of drug-likeness (QED) is 0.671. The number of hydrogen-bond donors (Lipinski definition) is 1. The highest BCUT2D eigenvalue weighted by Crippen LogP contribution is 2.12. The Hall–Kier alpha value is -1.14. The fraction of sp³-hybridized carbons (Fsp3) is 0.400. The molecule has 0 atom stereocenters. The maximum atomic E-state index is 12.3. The van der Waals surface area contributed by atoms with E-state index >= 15 is 0 Å². The highest BCUT2D eigenvalue weighted by Gasteiger charge is 2.32. The van der Waals surface area contributed by atoms with E-state index in [0.29, 0.717) is 0 Å². The van der Waals surface area contributed by atoms with E-state index in [9.17, 15) is 12.9 Å². The zero-order valence-electron chi connectivity index (χ0n) is 6.47. The Kier molecular flexibility index (Phi) is 2.03. The summed E-state index contributed by atoms with van der Waals surface area (Å²) in [5.74, 6) is 0.